The SMILES string of the molecule is Cc1nc(CN2CCN(Cc3cc(=O)c(O)c[nH]3)CC2)cs1. The van der Waals surface area contributed by atoms with Gasteiger partial charge in [-0.25, -0.2) is 4.98 Å². The van der Waals surface area contributed by atoms with Crippen LogP contribution >= 0.6 is 11.3 Å². The van der Waals surface area contributed by atoms with Gasteiger partial charge in [-0.15, -0.1) is 11.3 Å². The molecule has 0 bridgehead atoms. The maximum absolute atomic E-state index is 11.4. The van der Waals surface area contributed by atoms with Crippen molar-refractivity contribution in [2.45, 2.75) is 20.0 Å². The first kappa shape index (κ1) is 15.2. The highest BCUT2D eigenvalue weighted by Gasteiger charge is 2.18. The van der Waals surface area contributed by atoms with Crippen molar-refractivity contribution in [1.29, 1.82) is 0 Å². The molecule has 2 N–H and O–H groups in total. The monoisotopic (exact) mass is 320 g/mol. The van der Waals surface area contributed by atoms with E-state index in [1.165, 1.54) is 12.3 Å². The first-order valence-electron chi connectivity index (χ1n) is 7.36. The molecule has 0 saturated carbocycles. The van der Waals surface area contributed by atoms with Crippen LogP contribution in [0.4, 0.5) is 0 Å². The van der Waals surface area contributed by atoms with E-state index in [0.29, 0.717) is 6.54 Å². The molecule has 1 aliphatic heterocycles. The predicted octanol–water partition coefficient (Wildman–Crippen LogP) is 1.16. The fraction of sp³-hybridized carbons (Fsp3) is 0.467. The first-order chi connectivity index (χ1) is 10.6. The minimum absolute atomic E-state index is 0.230. The Morgan fingerprint density at radius 3 is 2.55 bits per heavy atom. The summed E-state index contributed by atoms with van der Waals surface area (Å²) >= 11 is 1.70. The average molecular weight is 320 g/mol. The zero-order valence-electron chi connectivity index (χ0n) is 12.6. The van der Waals surface area contributed by atoms with E-state index in [1.807, 2.05) is 6.92 Å². The first-order valence-corrected chi connectivity index (χ1v) is 8.24. The molecule has 22 heavy (non-hydrogen) atoms. The third-order valence-corrected chi connectivity index (χ3v) is 4.69. The van der Waals surface area contributed by atoms with Crippen LogP contribution in [0, 0.1) is 6.92 Å². The molecule has 0 aromatic carbocycles. The van der Waals surface area contributed by atoms with Crippen LogP contribution < -0.4 is 5.43 Å². The van der Waals surface area contributed by atoms with Gasteiger partial charge in [-0.2, -0.15) is 0 Å². The number of nitrogens with one attached hydrogen (secondary N) is 1. The van der Waals surface area contributed by atoms with E-state index in [-0.39, 0.29) is 11.2 Å². The molecule has 0 atom stereocenters. The Hall–Kier alpha value is -1.70. The molecule has 1 fully saturated rings. The molecule has 6 nitrogen and oxygen atoms in total. The minimum atomic E-state index is -0.328. The van der Waals surface area contributed by atoms with Gasteiger partial charge in [-0.3, -0.25) is 14.6 Å². The summed E-state index contributed by atoms with van der Waals surface area (Å²) in [6.45, 7) is 7.58. The largest absolute Gasteiger partial charge is 0.503 e. The molecule has 0 unspecified atom stereocenters. The van der Waals surface area contributed by atoms with E-state index < -0.39 is 0 Å². The lowest BCUT2D eigenvalue weighted by Gasteiger charge is -2.34. The van der Waals surface area contributed by atoms with E-state index in [0.717, 1.165) is 49.1 Å². The lowest BCUT2D eigenvalue weighted by molar-refractivity contribution is 0.120. The molecule has 0 aliphatic carbocycles. The van der Waals surface area contributed by atoms with Crippen molar-refractivity contribution in [3.63, 3.8) is 0 Å². The van der Waals surface area contributed by atoms with Crippen molar-refractivity contribution in [2.75, 3.05) is 26.2 Å². The summed E-state index contributed by atoms with van der Waals surface area (Å²) in [5, 5.41) is 12.5. The van der Waals surface area contributed by atoms with Crippen LogP contribution in [0.1, 0.15) is 16.4 Å². The average Bonchev–Trinajstić information content (AvgIpc) is 2.90. The lowest BCUT2D eigenvalue weighted by atomic mass is 10.2. The Balaban J connectivity index is 1.51. The number of piperazine rings is 1. The molecule has 2 aromatic rings. The van der Waals surface area contributed by atoms with Crippen molar-refractivity contribution in [3.05, 3.63) is 44.3 Å². The van der Waals surface area contributed by atoms with Gasteiger partial charge in [0.2, 0.25) is 5.43 Å². The van der Waals surface area contributed by atoms with E-state index in [9.17, 15) is 9.90 Å². The minimum Gasteiger partial charge on any atom is -0.503 e. The van der Waals surface area contributed by atoms with Crippen LogP contribution in [0.3, 0.4) is 0 Å². The van der Waals surface area contributed by atoms with Gasteiger partial charge in [0.25, 0.3) is 0 Å². The standard InChI is InChI=1S/C15H20N4O2S/c1-11-17-13(10-22-11)9-19-4-2-18(3-5-19)8-12-6-14(20)15(21)7-16-12/h6-7,10,21H,2-5,8-9H2,1H3,(H,16,20). The fourth-order valence-electron chi connectivity index (χ4n) is 2.65. The van der Waals surface area contributed by atoms with Gasteiger partial charge in [0.05, 0.1) is 10.7 Å². The second kappa shape index (κ2) is 6.60. The molecule has 1 aliphatic rings. The maximum atomic E-state index is 11.4. The summed E-state index contributed by atoms with van der Waals surface area (Å²) in [6.07, 6.45) is 1.36. The number of rotatable bonds is 4. The highest BCUT2D eigenvalue weighted by molar-refractivity contribution is 7.09. The summed E-state index contributed by atoms with van der Waals surface area (Å²) in [7, 11) is 0. The zero-order chi connectivity index (χ0) is 15.5. The number of H-pyrrole nitrogens is 1. The second-order valence-electron chi connectivity index (χ2n) is 5.62. The third-order valence-electron chi connectivity index (χ3n) is 3.86. The van der Waals surface area contributed by atoms with Crippen molar-refractivity contribution < 1.29 is 5.11 Å². The summed E-state index contributed by atoms with van der Waals surface area (Å²) in [4.78, 5) is 23.6. The normalized spacial score (nSPS) is 17.0. The van der Waals surface area contributed by atoms with E-state index >= 15 is 0 Å². The summed E-state index contributed by atoms with van der Waals surface area (Å²) in [5.74, 6) is -0.230. The number of nitrogens with zero attached hydrogens (tertiary/aromatic N) is 3. The molecule has 2 aromatic heterocycles. The fourth-order valence-corrected chi connectivity index (χ4v) is 3.26. The van der Waals surface area contributed by atoms with Crippen LogP contribution in [0.15, 0.2) is 22.4 Å². The molecule has 3 rings (SSSR count). The van der Waals surface area contributed by atoms with E-state index in [4.69, 9.17) is 0 Å². The van der Waals surface area contributed by atoms with Crippen LogP contribution in [0.25, 0.3) is 0 Å². The van der Waals surface area contributed by atoms with Crippen LogP contribution in [0.5, 0.6) is 5.75 Å². The van der Waals surface area contributed by atoms with Crippen LogP contribution in [-0.4, -0.2) is 51.1 Å². The van der Waals surface area contributed by atoms with Crippen molar-refractivity contribution in [3.8, 4) is 5.75 Å². The Labute approximate surface area is 133 Å². The van der Waals surface area contributed by atoms with Crippen LogP contribution in [-0.2, 0) is 13.1 Å². The molecule has 1 saturated heterocycles. The molecule has 7 heteroatoms. The van der Waals surface area contributed by atoms with Gasteiger partial charge in [-0.05, 0) is 6.92 Å². The number of pyridine rings is 1. The Bertz CT molecular complexity index is 689. The van der Waals surface area contributed by atoms with Gasteiger partial charge in [0.1, 0.15) is 0 Å². The highest BCUT2D eigenvalue weighted by atomic mass is 32.1. The van der Waals surface area contributed by atoms with Crippen molar-refractivity contribution in [1.82, 2.24) is 19.8 Å². The summed E-state index contributed by atoms with van der Waals surface area (Å²) in [5.41, 5.74) is 1.66. The Morgan fingerprint density at radius 2 is 1.95 bits per heavy atom. The van der Waals surface area contributed by atoms with Gasteiger partial charge >= 0.3 is 0 Å². The maximum Gasteiger partial charge on any atom is 0.223 e. The van der Waals surface area contributed by atoms with Gasteiger partial charge in [0.15, 0.2) is 5.75 Å². The molecule has 3 heterocycles. The Morgan fingerprint density at radius 1 is 1.27 bits per heavy atom. The number of aromatic hydroxyl groups is 1. The van der Waals surface area contributed by atoms with Crippen LogP contribution in [0.2, 0.25) is 0 Å². The number of hydrogen-bond donors (Lipinski definition) is 2. The number of hydrogen-bond acceptors (Lipinski definition) is 6. The second-order valence-corrected chi connectivity index (χ2v) is 6.68. The molecule has 0 radical (unpaired) electrons. The van der Waals surface area contributed by atoms with Crippen molar-refractivity contribution >= 4 is 11.3 Å². The number of aromatic nitrogens is 2. The quantitative estimate of drug-likeness (QED) is 0.884. The van der Waals surface area contributed by atoms with Crippen molar-refractivity contribution in [2.24, 2.45) is 0 Å². The Kier molecular flexibility index (Phi) is 4.56. The third kappa shape index (κ3) is 3.73. The van der Waals surface area contributed by atoms with Gasteiger partial charge in [0, 0.05) is 62.6 Å². The molecule has 0 spiro atoms. The molecule has 118 valence electrons. The number of aromatic amines is 1. The number of aryl methyl sites for hydroxylation is 1. The van der Waals surface area contributed by atoms with E-state index in [1.54, 1.807) is 11.3 Å². The van der Waals surface area contributed by atoms with Gasteiger partial charge in [-0.1, -0.05) is 0 Å². The molecule has 0 amide bonds. The summed E-state index contributed by atoms with van der Waals surface area (Å²) in [6, 6.07) is 1.47. The van der Waals surface area contributed by atoms with E-state index in [2.05, 4.69) is 25.1 Å². The number of thiazole rings is 1. The smallest absolute Gasteiger partial charge is 0.223 e. The van der Waals surface area contributed by atoms with Gasteiger partial charge < -0.3 is 10.1 Å². The topological polar surface area (TPSA) is 72.5 Å². The molecular weight excluding hydrogens is 300 g/mol. The predicted molar refractivity (Wildman–Crippen MR) is 86.1 cm³/mol. The lowest BCUT2D eigenvalue weighted by Crippen LogP contribution is -2.45. The summed E-state index contributed by atoms with van der Waals surface area (Å²) < 4.78 is 0. The molecular formula is C15H20N4O2S. The highest BCUT2D eigenvalue weighted by Crippen LogP contribution is 2.13. The zero-order valence-corrected chi connectivity index (χ0v) is 13.4.